The van der Waals surface area contributed by atoms with E-state index in [0.29, 0.717) is 17.9 Å². The maximum Gasteiger partial charge on any atom is 0.387 e. The summed E-state index contributed by atoms with van der Waals surface area (Å²) >= 11 is 0. The van der Waals surface area contributed by atoms with E-state index in [-0.39, 0.29) is 18.0 Å². The van der Waals surface area contributed by atoms with Crippen molar-refractivity contribution in [2.24, 2.45) is 0 Å². The second kappa shape index (κ2) is 6.18. The second-order valence-corrected chi connectivity index (χ2v) is 3.46. The van der Waals surface area contributed by atoms with Crippen molar-refractivity contribution >= 4 is 5.78 Å². The molecule has 0 amide bonds. The minimum absolute atomic E-state index is 0.0275. The molecule has 1 aromatic carbocycles. The van der Waals surface area contributed by atoms with Crippen LogP contribution in [0, 0.1) is 0 Å². The molecular weight excluding hydrogens is 230 g/mol. The van der Waals surface area contributed by atoms with E-state index in [0.717, 1.165) is 0 Å². The zero-order valence-corrected chi connectivity index (χ0v) is 9.70. The average Bonchev–Trinajstić information content (AvgIpc) is 2.20. The summed E-state index contributed by atoms with van der Waals surface area (Å²) in [5.41, 5.74) is 0.553. The summed E-state index contributed by atoms with van der Waals surface area (Å²) in [5.74, 6) is 0.476. The first-order valence-electron chi connectivity index (χ1n) is 5.23. The molecule has 0 heterocycles. The molecule has 0 aliphatic rings. The highest BCUT2D eigenvalue weighted by molar-refractivity contribution is 5.79. The van der Waals surface area contributed by atoms with Crippen LogP contribution in [0.3, 0.4) is 0 Å². The summed E-state index contributed by atoms with van der Waals surface area (Å²) in [6, 6.07) is 4.32. The van der Waals surface area contributed by atoms with Gasteiger partial charge in [0.1, 0.15) is 17.3 Å². The zero-order valence-electron chi connectivity index (χ0n) is 9.70. The third-order valence-corrected chi connectivity index (χ3v) is 2.00. The molecule has 0 fully saturated rings. The number of alkyl halides is 2. The third kappa shape index (κ3) is 4.38. The number of ketones is 1. The zero-order chi connectivity index (χ0) is 12.8. The lowest BCUT2D eigenvalue weighted by atomic mass is 10.1. The summed E-state index contributed by atoms with van der Waals surface area (Å²) < 4.78 is 33.7. The Kier molecular flexibility index (Phi) is 4.87. The van der Waals surface area contributed by atoms with Gasteiger partial charge in [-0.2, -0.15) is 8.78 Å². The van der Waals surface area contributed by atoms with Gasteiger partial charge in [-0.1, -0.05) is 0 Å². The number of rotatable bonds is 6. The molecule has 0 saturated carbocycles. The average molecular weight is 244 g/mol. The van der Waals surface area contributed by atoms with Crippen molar-refractivity contribution in [3.8, 4) is 11.5 Å². The Labute approximate surface area is 98.3 Å². The summed E-state index contributed by atoms with van der Waals surface area (Å²) in [5, 5.41) is 0. The van der Waals surface area contributed by atoms with Crippen molar-refractivity contribution in [3.05, 3.63) is 23.8 Å². The maximum absolute atomic E-state index is 12.0. The predicted octanol–water partition coefficient (Wildman–Crippen LogP) is 2.82. The lowest BCUT2D eigenvalue weighted by molar-refractivity contribution is -0.116. The van der Waals surface area contributed by atoms with Crippen LogP contribution < -0.4 is 9.47 Å². The maximum atomic E-state index is 12.0. The fourth-order valence-electron chi connectivity index (χ4n) is 1.43. The lowest BCUT2D eigenvalue weighted by Gasteiger charge is -2.11. The molecule has 0 aliphatic heterocycles. The number of Topliss-reactive ketones (excluding diaryl/α,β-unsaturated/α-hetero) is 1. The SMILES string of the molecule is CCOc1ccc(OC(F)F)cc1CC(C)=O. The Morgan fingerprint density at radius 3 is 2.65 bits per heavy atom. The van der Waals surface area contributed by atoms with Gasteiger partial charge in [-0.05, 0) is 32.0 Å². The number of benzene rings is 1. The Morgan fingerprint density at radius 1 is 1.41 bits per heavy atom. The molecule has 3 nitrogen and oxygen atoms in total. The molecular formula is C12H14F2O3. The summed E-state index contributed by atoms with van der Waals surface area (Å²) in [6.07, 6.45) is 0.135. The molecule has 94 valence electrons. The van der Waals surface area contributed by atoms with Crippen LogP contribution >= 0.6 is 0 Å². The molecule has 0 spiro atoms. The highest BCUT2D eigenvalue weighted by Gasteiger charge is 2.10. The van der Waals surface area contributed by atoms with E-state index in [1.165, 1.54) is 25.1 Å². The van der Waals surface area contributed by atoms with Gasteiger partial charge in [-0.15, -0.1) is 0 Å². The monoisotopic (exact) mass is 244 g/mol. The minimum Gasteiger partial charge on any atom is -0.494 e. The van der Waals surface area contributed by atoms with E-state index in [9.17, 15) is 13.6 Å². The lowest BCUT2D eigenvalue weighted by Crippen LogP contribution is -2.05. The Balaban J connectivity index is 2.96. The van der Waals surface area contributed by atoms with E-state index in [4.69, 9.17) is 4.74 Å². The third-order valence-electron chi connectivity index (χ3n) is 2.00. The van der Waals surface area contributed by atoms with Crippen LogP contribution in [0.1, 0.15) is 19.4 Å². The van der Waals surface area contributed by atoms with Gasteiger partial charge in [0.05, 0.1) is 6.61 Å². The Morgan fingerprint density at radius 2 is 2.12 bits per heavy atom. The first-order valence-corrected chi connectivity index (χ1v) is 5.23. The van der Waals surface area contributed by atoms with Gasteiger partial charge in [-0.25, -0.2) is 0 Å². The second-order valence-electron chi connectivity index (χ2n) is 3.46. The number of hydrogen-bond donors (Lipinski definition) is 0. The van der Waals surface area contributed by atoms with Crippen LogP contribution in [0.4, 0.5) is 8.78 Å². The van der Waals surface area contributed by atoms with Crippen LogP contribution in [0.15, 0.2) is 18.2 Å². The minimum atomic E-state index is -2.88. The molecule has 0 bridgehead atoms. The van der Waals surface area contributed by atoms with E-state index in [2.05, 4.69) is 4.74 Å². The van der Waals surface area contributed by atoms with Crippen molar-refractivity contribution in [3.63, 3.8) is 0 Å². The smallest absolute Gasteiger partial charge is 0.387 e. The molecule has 1 aromatic rings. The van der Waals surface area contributed by atoms with E-state index >= 15 is 0 Å². The van der Waals surface area contributed by atoms with E-state index in [1.807, 2.05) is 0 Å². The molecule has 0 N–H and O–H groups in total. The van der Waals surface area contributed by atoms with Gasteiger partial charge in [0.15, 0.2) is 0 Å². The van der Waals surface area contributed by atoms with Crippen molar-refractivity contribution in [1.82, 2.24) is 0 Å². The van der Waals surface area contributed by atoms with Crippen molar-refractivity contribution in [2.45, 2.75) is 26.9 Å². The normalized spacial score (nSPS) is 10.4. The summed E-state index contributed by atoms with van der Waals surface area (Å²) in [7, 11) is 0. The van der Waals surface area contributed by atoms with E-state index < -0.39 is 6.61 Å². The number of carbonyl (C=O) groups excluding carboxylic acids is 1. The fourth-order valence-corrected chi connectivity index (χ4v) is 1.43. The quantitative estimate of drug-likeness (QED) is 0.771. The first-order chi connectivity index (χ1) is 8.02. The Bertz CT molecular complexity index is 391. The van der Waals surface area contributed by atoms with Crippen LogP contribution in [-0.4, -0.2) is 19.0 Å². The standard InChI is InChI=1S/C12H14F2O3/c1-3-16-11-5-4-10(17-12(13)14)7-9(11)6-8(2)15/h4-5,7,12H,3,6H2,1-2H3. The molecule has 5 heteroatoms. The Hall–Kier alpha value is -1.65. The molecule has 0 saturated heterocycles. The summed E-state index contributed by atoms with van der Waals surface area (Å²) in [6.45, 7) is 0.801. The number of carbonyl (C=O) groups is 1. The fraction of sp³-hybridized carbons (Fsp3) is 0.417. The van der Waals surface area contributed by atoms with Gasteiger partial charge in [0.25, 0.3) is 0 Å². The van der Waals surface area contributed by atoms with Gasteiger partial charge in [-0.3, -0.25) is 4.79 Å². The number of ether oxygens (including phenoxy) is 2. The molecule has 0 aromatic heterocycles. The number of hydrogen-bond acceptors (Lipinski definition) is 3. The number of halogens is 2. The van der Waals surface area contributed by atoms with Crippen molar-refractivity contribution in [1.29, 1.82) is 0 Å². The van der Waals surface area contributed by atoms with E-state index in [1.54, 1.807) is 6.92 Å². The summed E-state index contributed by atoms with van der Waals surface area (Å²) in [4.78, 5) is 11.1. The molecule has 0 unspecified atom stereocenters. The molecule has 0 radical (unpaired) electrons. The largest absolute Gasteiger partial charge is 0.494 e. The predicted molar refractivity (Wildman–Crippen MR) is 58.6 cm³/mol. The molecule has 0 aliphatic carbocycles. The van der Waals surface area contributed by atoms with Gasteiger partial charge in [0.2, 0.25) is 0 Å². The van der Waals surface area contributed by atoms with Gasteiger partial charge >= 0.3 is 6.61 Å². The first kappa shape index (κ1) is 13.4. The molecule has 1 rings (SSSR count). The van der Waals surface area contributed by atoms with Crippen molar-refractivity contribution in [2.75, 3.05) is 6.61 Å². The molecule has 0 atom stereocenters. The van der Waals surface area contributed by atoms with Gasteiger partial charge in [0, 0.05) is 12.0 Å². The van der Waals surface area contributed by atoms with Crippen LogP contribution in [0.25, 0.3) is 0 Å². The highest BCUT2D eigenvalue weighted by Crippen LogP contribution is 2.26. The van der Waals surface area contributed by atoms with Crippen LogP contribution in [-0.2, 0) is 11.2 Å². The highest BCUT2D eigenvalue weighted by atomic mass is 19.3. The molecule has 17 heavy (non-hydrogen) atoms. The van der Waals surface area contributed by atoms with Crippen molar-refractivity contribution < 1.29 is 23.0 Å². The van der Waals surface area contributed by atoms with Crippen LogP contribution in [0.2, 0.25) is 0 Å². The van der Waals surface area contributed by atoms with Gasteiger partial charge < -0.3 is 9.47 Å². The topological polar surface area (TPSA) is 35.5 Å². The van der Waals surface area contributed by atoms with Crippen LogP contribution in [0.5, 0.6) is 11.5 Å².